The van der Waals surface area contributed by atoms with Crippen molar-refractivity contribution in [1.29, 1.82) is 0 Å². The third-order valence-corrected chi connectivity index (χ3v) is 4.53. The van der Waals surface area contributed by atoms with Crippen LogP contribution in [0.2, 0.25) is 0 Å². The van der Waals surface area contributed by atoms with E-state index >= 15 is 0 Å². The molecule has 4 nitrogen and oxygen atoms in total. The van der Waals surface area contributed by atoms with E-state index in [-0.39, 0.29) is 11.8 Å². The summed E-state index contributed by atoms with van der Waals surface area (Å²) in [5, 5.41) is 3.17. The SMILES string of the molecule is CC(C)CC(CNC(=O)C1CCCCC1CN)N(C)C. The molecule has 1 fully saturated rings. The lowest BCUT2D eigenvalue weighted by atomic mass is 9.78. The fraction of sp³-hybridized carbons (Fsp3) is 0.938. The summed E-state index contributed by atoms with van der Waals surface area (Å²) in [5.41, 5.74) is 5.81. The minimum absolute atomic E-state index is 0.135. The fourth-order valence-corrected chi connectivity index (χ4v) is 3.21. The number of hydrogen-bond donors (Lipinski definition) is 2. The Morgan fingerprint density at radius 1 is 1.30 bits per heavy atom. The van der Waals surface area contributed by atoms with Crippen LogP contribution < -0.4 is 11.1 Å². The van der Waals surface area contributed by atoms with Crippen LogP contribution in [0.1, 0.15) is 46.0 Å². The molecule has 1 aliphatic rings. The number of carbonyl (C=O) groups is 1. The number of nitrogens with zero attached hydrogens (tertiary/aromatic N) is 1. The second-order valence-electron chi connectivity index (χ2n) is 6.88. The van der Waals surface area contributed by atoms with Crippen molar-refractivity contribution in [2.24, 2.45) is 23.5 Å². The number of nitrogens with one attached hydrogen (secondary N) is 1. The largest absolute Gasteiger partial charge is 0.354 e. The Hall–Kier alpha value is -0.610. The predicted molar refractivity (Wildman–Crippen MR) is 84.4 cm³/mol. The quantitative estimate of drug-likeness (QED) is 0.749. The van der Waals surface area contributed by atoms with Crippen molar-refractivity contribution >= 4 is 5.91 Å². The molecule has 1 saturated carbocycles. The summed E-state index contributed by atoms with van der Waals surface area (Å²) in [6.07, 6.45) is 5.61. The molecular formula is C16H33N3O. The van der Waals surface area contributed by atoms with Crippen molar-refractivity contribution in [2.75, 3.05) is 27.2 Å². The number of amides is 1. The molecule has 0 spiro atoms. The van der Waals surface area contributed by atoms with Gasteiger partial charge in [-0.25, -0.2) is 0 Å². The van der Waals surface area contributed by atoms with Crippen LogP contribution in [0, 0.1) is 17.8 Å². The molecule has 3 N–H and O–H groups in total. The van der Waals surface area contributed by atoms with E-state index in [1.807, 2.05) is 0 Å². The summed E-state index contributed by atoms with van der Waals surface area (Å²) in [7, 11) is 4.17. The number of carbonyl (C=O) groups excluding carboxylic acids is 1. The van der Waals surface area contributed by atoms with Crippen molar-refractivity contribution in [3.05, 3.63) is 0 Å². The van der Waals surface area contributed by atoms with Gasteiger partial charge in [-0.15, -0.1) is 0 Å². The Labute approximate surface area is 124 Å². The lowest BCUT2D eigenvalue weighted by molar-refractivity contribution is -0.127. The molecule has 20 heavy (non-hydrogen) atoms. The van der Waals surface area contributed by atoms with E-state index in [0.717, 1.165) is 32.2 Å². The highest BCUT2D eigenvalue weighted by Crippen LogP contribution is 2.29. The maximum Gasteiger partial charge on any atom is 0.223 e. The standard InChI is InChI=1S/C16H33N3O/c1-12(2)9-14(19(3)4)11-18-16(20)15-8-6-5-7-13(15)10-17/h12-15H,5-11,17H2,1-4H3,(H,18,20). The Balaban J connectivity index is 2.47. The lowest BCUT2D eigenvalue weighted by Gasteiger charge is -2.31. The molecule has 3 atom stereocenters. The van der Waals surface area contributed by atoms with E-state index in [1.165, 1.54) is 6.42 Å². The summed E-state index contributed by atoms with van der Waals surface area (Å²) in [4.78, 5) is 14.6. The van der Waals surface area contributed by atoms with Crippen molar-refractivity contribution in [3.63, 3.8) is 0 Å². The molecule has 0 bridgehead atoms. The zero-order valence-corrected chi connectivity index (χ0v) is 13.7. The maximum atomic E-state index is 12.4. The van der Waals surface area contributed by atoms with Crippen molar-refractivity contribution in [1.82, 2.24) is 10.2 Å². The third-order valence-electron chi connectivity index (χ3n) is 4.53. The van der Waals surface area contributed by atoms with Gasteiger partial charge >= 0.3 is 0 Å². The summed E-state index contributed by atoms with van der Waals surface area (Å²) >= 11 is 0. The average molecular weight is 283 g/mol. The number of hydrogen-bond acceptors (Lipinski definition) is 3. The van der Waals surface area contributed by atoms with Crippen LogP contribution in [-0.4, -0.2) is 44.0 Å². The first-order chi connectivity index (χ1) is 9.45. The number of nitrogens with two attached hydrogens (primary N) is 1. The number of rotatable bonds is 7. The summed E-state index contributed by atoms with van der Waals surface area (Å²) in [5.74, 6) is 1.38. The third kappa shape index (κ3) is 5.41. The molecule has 1 rings (SSSR count). The van der Waals surface area contributed by atoms with E-state index < -0.39 is 0 Å². The van der Waals surface area contributed by atoms with Gasteiger partial charge in [-0.05, 0) is 51.7 Å². The van der Waals surface area contributed by atoms with Crippen LogP contribution in [0.5, 0.6) is 0 Å². The van der Waals surface area contributed by atoms with E-state index in [1.54, 1.807) is 0 Å². The first-order valence-corrected chi connectivity index (χ1v) is 8.09. The molecule has 3 unspecified atom stereocenters. The van der Waals surface area contributed by atoms with Crippen molar-refractivity contribution in [3.8, 4) is 0 Å². The van der Waals surface area contributed by atoms with Crippen LogP contribution in [0.4, 0.5) is 0 Å². The van der Waals surface area contributed by atoms with Gasteiger partial charge < -0.3 is 16.0 Å². The highest BCUT2D eigenvalue weighted by atomic mass is 16.1. The molecule has 0 aromatic heterocycles. The minimum atomic E-state index is 0.135. The summed E-state index contributed by atoms with van der Waals surface area (Å²) in [6.45, 7) is 5.84. The van der Waals surface area contributed by atoms with E-state index in [2.05, 4.69) is 38.2 Å². The Morgan fingerprint density at radius 3 is 2.50 bits per heavy atom. The number of likely N-dealkylation sites (N-methyl/N-ethyl adjacent to an activating group) is 1. The van der Waals surface area contributed by atoms with E-state index in [9.17, 15) is 4.79 Å². The Bertz CT molecular complexity index is 291. The zero-order chi connectivity index (χ0) is 15.1. The monoisotopic (exact) mass is 283 g/mol. The second kappa shape index (κ2) is 8.63. The van der Waals surface area contributed by atoms with Gasteiger partial charge in [-0.3, -0.25) is 4.79 Å². The molecule has 0 radical (unpaired) electrons. The average Bonchev–Trinajstić information content (AvgIpc) is 2.42. The van der Waals surface area contributed by atoms with Gasteiger partial charge in [0.15, 0.2) is 0 Å². The predicted octanol–water partition coefficient (Wildman–Crippen LogP) is 1.84. The molecular weight excluding hydrogens is 250 g/mol. The van der Waals surface area contributed by atoms with Gasteiger partial charge in [0.2, 0.25) is 5.91 Å². The van der Waals surface area contributed by atoms with Crippen LogP contribution >= 0.6 is 0 Å². The molecule has 1 aliphatic carbocycles. The maximum absolute atomic E-state index is 12.4. The normalized spacial score (nSPS) is 24.9. The molecule has 0 heterocycles. The van der Waals surface area contributed by atoms with Gasteiger partial charge in [-0.1, -0.05) is 26.7 Å². The van der Waals surface area contributed by atoms with Gasteiger partial charge in [0.1, 0.15) is 0 Å². The van der Waals surface area contributed by atoms with Crippen LogP contribution in [0.25, 0.3) is 0 Å². The van der Waals surface area contributed by atoms with Crippen molar-refractivity contribution < 1.29 is 4.79 Å². The molecule has 118 valence electrons. The first kappa shape index (κ1) is 17.4. The fourth-order valence-electron chi connectivity index (χ4n) is 3.21. The molecule has 0 aromatic carbocycles. The Kier molecular flexibility index (Phi) is 7.52. The van der Waals surface area contributed by atoms with E-state index in [4.69, 9.17) is 5.73 Å². The minimum Gasteiger partial charge on any atom is -0.354 e. The highest BCUT2D eigenvalue weighted by Gasteiger charge is 2.30. The van der Waals surface area contributed by atoms with Crippen LogP contribution in [-0.2, 0) is 4.79 Å². The lowest BCUT2D eigenvalue weighted by Crippen LogP contribution is -2.45. The first-order valence-electron chi connectivity index (χ1n) is 8.09. The topological polar surface area (TPSA) is 58.4 Å². The second-order valence-corrected chi connectivity index (χ2v) is 6.88. The van der Waals surface area contributed by atoms with Gasteiger partial charge in [-0.2, -0.15) is 0 Å². The van der Waals surface area contributed by atoms with Crippen molar-refractivity contribution in [2.45, 2.75) is 52.0 Å². The molecule has 4 heteroatoms. The van der Waals surface area contributed by atoms with Gasteiger partial charge in [0.05, 0.1) is 0 Å². The smallest absolute Gasteiger partial charge is 0.223 e. The van der Waals surface area contributed by atoms with Gasteiger partial charge in [0.25, 0.3) is 0 Å². The summed E-state index contributed by atoms with van der Waals surface area (Å²) < 4.78 is 0. The van der Waals surface area contributed by atoms with Gasteiger partial charge in [0, 0.05) is 18.5 Å². The molecule has 0 saturated heterocycles. The van der Waals surface area contributed by atoms with E-state index in [0.29, 0.717) is 24.4 Å². The summed E-state index contributed by atoms with van der Waals surface area (Å²) in [6, 6.07) is 0.416. The Morgan fingerprint density at radius 2 is 1.95 bits per heavy atom. The molecule has 0 aliphatic heterocycles. The highest BCUT2D eigenvalue weighted by molar-refractivity contribution is 5.79. The molecule has 1 amide bonds. The zero-order valence-electron chi connectivity index (χ0n) is 13.7. The van der Waals surface area contributed by atoms with Crippen LogP contribution in [0.15, 0.2) is 0 Å². The molecule has 0 aromatic rings. The van der Waals surface area contributed by atoms with Crippen LogP contribution in [0.3, 0.4) is 0 Å².